The molecule has 0 saturated carbocycles. The Morgan fingerprint density at radius 1 is 1.12 bits per heavy atom. The van der Waals surface area contributed by atoms with Crippen LogP contribution < -0.4 is 10.6 Å². The second kappa shape index (κ2) is 6.37. The van der Waals surface area contributed by atoms with Gasteiger partial charge in [-0.2, -0.15) is 0 Å². The van der Waals surface area contributed by atoms with Gasteiger partial charge in [0.25, 0.3) is 0 Å². The first-order chi connectivity index (χ1) is 11.8. The summed E-state index contributed by atoms with van der Waals surface area (Å²) < 4.78 is 2.03. The normalized spacial score (nSPS) is 12.5. The quantitative estimate of drug-likeness (QED) is 0.760. The van der Waals surface area contributed by atoms with Crippen LogP contribution in [0.1, 0.15) is 5.56 Å². The predicted octanol–water partition coefficient (Wildman–Crippen LogP) is 3.96. The molecule has 0 aliphatic carbocycles. The minimum absolute atomic E-state index is 0.669. The predicted molar refractivity (Wildman–Crippen MR) is 97.6 cm³/mol. The number of fused-ring (bicyclic) bond motifs is 2. The summed E-state index contributed by atoms with van der Waals surface area (Å²) in [6.45, 7) is 1.57. The molecule has 0 spiro atoms. The number of imidazole rings is 1. The third kappa shape index (κ3) is 2.98. The van der Waals surface area contributed by atoms with Crippen LogP contribution in [0.4, 0.5) is 17.1 Å². The van der Waals surface area contributed by atoms with Gasteiger partial charge in [0.2, 0.25) is 0 Å². The average Bonchev–Trinajstić information content (AvgIpc) is 3.05. The van der Waals surface area contributed by atoms with Gasteiger partial charge < -0.3 is 15.2 Å². The maximum absolute atomic E-state index is 6.13. The maximum Gasteiger partial charge on any atom is 0.136 e. The second-order valence-corrected chi connectivity index (χ2v) is 5.96. The molecule has 2 aromatic carbocycles. The van der Waals surface area contributed by atoms with Gasteiger partial charge in [0.05, 0.1) is 17.7 Å². The molecule has 0 atom stereocenters. The molecule has 1 aromatic heterocycles. The van der Waals surface area contributed by atoms with Crippen molar-refractivity contribution in [1.82, 2.24) is 14.9 Å². The first-order valence-corrected chi connectivity index (χ1v) is 8.12. The van der Waals surface area contributed by atoms with Crippen molar-refractivity contribution >= 4 is 34.5 Å². The van der Waals surface area contributed by atoms with Gasteiger partial charge in [-0.15, -0.1) is 0 Å². The molecule has 0 unspecified atom stereocenters. The zero-order valence-electron chi connectivity index (χ0n) is 12.9. The summed E-state index contributed by atoms with van der Waals surface area (Å²) in [6.07, 6.45) is 5.53. The van der Waals surface area contributed by atoms with E-state index in [0.717, 1.165) is 41.6 Å². The molecule has 0 fully saturated rings. The van der Waals surface area contributed by atoms with E-state index in [1.54, 1.807) is 12.5 Å². The van der Waals surface area contributed by atoms with Crippen LogP contribution in [0.2, 0.25) is 5.02 Å². The van der Waals surface area contributed by atoms with Gasteiger partial charge in [0.1, 0.15) is 5.84 Å². The Bertz CT molecular complexity index is 886. The van der Waals surface area contributed by atoms with E-state index in [4.69, 9.17) is 16.6 Å². The van der Waals surface area contributed by atoms with Crippen LogP contribution in [0, 0.1) is 0 Å². The molecule has 3 aromatic rings. The number of nitrogens with zero attached hydrogens (tertiary/aromatic N) is 3. The van der Waals surface area contributed by atoms with Crippen molar-refractivity contribution in [3.8, 4) is 0 Å². The summed E-state index contributed by atoms with van der Waals surface area (Å²) in [6, 6.07) is 13.8. The highest BCUT2D eigenvalue weighted by atomic mass is 35.5. The fourth-order valence-electron chi connectivity index (χ4n) is 2.68. The van der Waals surface area contributed by atoms with Gasteiger partial charge in [-0.3, -0.25) is 0 Å². The molecule has 0 amide bonds. The van der Waals surface area contributed by atoms with Gasteiger partial charge in [-0.25, -0.2) is 9.98 Å². The fourth-order valence-corrected chi connectivity index (χ4v) is 2.85. The van der Waals surface area contributed by atoms with Crippen molar-refractivity contribution in [3.63, 3.8) is 0 Å². The number of para-hydroxylation sites is 1. The number of anilines is 2. The standard InChI is InChI=1S/C18H16ClN5/c19-13-5-6-16-17(11-13)23-18(14-3-1-2-4-15(14)22-16)21-8-10-24-9-7-20-12-24/h1-7,9,11-12,22H,8,10H2,(H,21,23). The lowest BCUT2D eigenvalue weighted by Crippen LogP contribution is -2.28. The highest BCUT2D eigenvalue weighted by molar-refractivity contribution is 6.31. The lowest BCUT2D eigenvalue weighted by atomic mass is 10.1. The Kier molecular flexibility index (Phi) is 3.92. The van der Waals surface area contributed by atoms with Crippen LogP contribution in [0.25, 0.3) is 0 Å². The SMILES string of the molecule is Clc1ccc2c(c1)N=C(NCCn1ccnc1)c1ccccc1N2. The summed E-state index contributed by atoms with van der Waals surface area (Å²) in [5.74, 6) is 0.833. The van der Waals surface area contributed by atoms with E-state index >= 15 is 0 Å². The van der Waals surface area contributed by atoms with Crippen molar-refractivity contribution in [1.29, 1.82) is 0 Å². The second-order valence-electron chi connectivity index (χ2n) is 5.52. The Hall–Kier alpha value is -2.79. The highest BCUT2D eigenvalue weighted by Crippen LogP contribution is 2.35. The molecule has 1 aliphatic rings. The largest absolute Gasteiger partial charge is 0.368 e. The van der Waals surface area contributed by atoms with Crippen LogP contribution in [0.3, 0.4) is 0 Å². The van der Waals surface area contributed by atoms with E-state index in [1.807, 2.05) is 47.2 Å². The average molecular weight is 338 g/mol. The summed E-state index contributed by atoms with van der Waals surface area (Å²) >= 11 is 6.13. The molecule has 4 rings (SSSR count). The molecule has 0 bridgehead atoms. The van der Waals surface area contributed by atoms with E-state index in [2.05, 4.69) is 21.7 Å². The Morgan fingerprint density at radius 3 is 2.92 bits per heavy atom. The number of nitrogens with one attached hydrogen (secondary N) is 2. The Balaban J connectivity index is 1.66. The van der Waals surface area contributed by atoms with Crippen LogP contribution in [-0.2, 0) is 6.54 Å². The number of rotatable bonds is 3. The molecule has 2 N–H and O–H groups in total. The summed E-state index contributed by atoms with van der Waals surface area (Å²) in [7, 11) is 0. The summed E-state index contributed by atoms with van der Waals surface area (Å²) in [5, 5.41) is 7.54. The number of aromatic nitrogens is 2. The number of benzene rings is 2. The van der Waals surface area contributed by atoms with E-state index in [-0.39, 0.29) is 0 Å². The molecule has 6 heteroatoms. The molecule has 5 nitrogen and oxygen atoms in total. The smallest absolute Gasteiger partial charge is 0.136 e. The van der Waals surface area contributed by atoms with Gasteiger partial charge in [0, 0.05) is 41.8 Å². The van der Waals surface area contributed by atoms with Gasteiger partial charge >= 0.3 is 0 Å². The van der Waals surface area contributed by atoms with E-state index in [9.17, 15) is 0 Å². The Labute approximate surface area is 145 Å². The van der Waals surface area contributed by atoms with Crippen LogP contribution in [0.5, 0.6) is 0 Å². The lowest BCUT2D eigenvalue weighted by Gasteiger charge is -2.12. The molecule has 120 valence electrons. The first kappa shape index (κ1) is 14.8. The monoisotopic (exact) mass is 337 g/mol. The number of aliphatic imine (C=N–C) groups is 1. The molecule has 0 radical (unpaired) electrons. The third-order valence-corrected chi connectivity index (χ3v) is 4.10. The maximum atomic E-state index is 6.13. The number of halogens is 1. The van der Waals surface area contributed by atoms with Gasteiger partial charge in [-0.05, 0) is 30.3 Å². The van der Waals surface area contributed by atoms with E-state index in [1.165, 1.54) is 0 Å². The number of hydrogen-bond donors (Lipinski definition) is 2. The number of hydrogen-bond acceptors (Lipinski definition) is 4. The van der Waals surface area contributed by atoms with Gasteiger partial charge in [0.15, 0.2) is 0 Å². The Morgan fingerprint density at radius 2 is 2.04 bits per heavy atom. The fraction of sp³-hybridized carbons (Fsp3) is 0.111. The molecular formula is C18H16ClN5. The minimum atomic E-state index is 0.669. The van der Waals surface area contributed by atoms with E-state index < -0.39 is 0 Å². The molecule has 0 saturated heterocycles. The van der Waals surface area contributed by atoms with Gasteiger partial charge in [-0.1, -0.05) is 23.7 Å². The zero-order chi connectivity index (χ0) is 16.4. The van der Waals surface area contributed by atoms with E-state index in [0.29, 0.717) is 5.02 Å². The van der Waals surface area contributed by atoms with Crippen molar-refractivity contribution in [3.05, 3.63) is 71.8 Å². The van der Waals surface area contributed by atoms with Crippen molar-refractivity contribution < 1.29 is 0 Å². The third-order valence-electron chi connectivity index (χ3n) is 3.87. The summed E-state index contributed by atoms with van der Waals surface area (Å²) in [4.78, 5) is 8.85. The lowest BCUT2D eigenvalue weighted by molar-refractivity contribution is 0.673. The number of amidine groups is 1. The molecule has 24 heavy (non-hydrogen) atoms. The first-order valence-electron chi connectivity index (χ1n) is 7.74. The topological polar surface area (TPSA) is 54.2 Å². The van der Waals surface area contributed by atoms with Crippen LogP contribution in [-0.4, -0.2) is 21.9 Å². The molecular weight excluding hydrogens is 322 g/mol. The minimum Gasteiger partial charge on any atom is -0.368 e. The van der Waals surface area contributed by atoms with Crippen molar-refractivity contribution in [2.24, 2.45) is 4.99 Å². The van der Waals surface area contributed by atoms with Crippen molar-refractivity contribution in [2.75, 3.05) is 11.9 Å². The highest BCUT2D eigenvalue weighted by Gasteiger charge is 2.16. The zero-order valence-corrected chi connectivity index (χ0v) is 13.7. The molecule has 1 aliphatic heterocycles. The summed E-state index contributed by atoms with van der Waals surface area (Å²) in [5.41, 5.74) is 3.82. The van der Waals surface area contributed by atoms with Crippen LogP contribution >= 0.6 is 11.6 Å². The van der Waals surface area contributed by atoms with Crippen LogP contribution in [0.15, 0.2) is 66.2 Å². The van der Waals surface area contributed by atoms with Crippen molar-refractivity contribution in [2.45, 2.75) is 6.54 Å². The molecule has 2 heterocycles.